The second kappa shape index (κ2) is 10.1. The molecule has 1 aliphatic rings. The predicted molar refractivity (Wildman–Crippen MR) is 113 cm³/mol. The van der Waals surface area contributed by atoms with Crippen LogP contribution in [-0.2, 0) is 19.1 Å². The van der Waals surface area contributed by atoms with E-state index in [2.05, 4.69) is 0 Å². The summed E-state index contributed by atoms with van der Waals surface area (Å²) in [6, 6.07) is 6.53. The van der Waals surface area contributed by atoms with Gasteiger partial charge in [-0.3, -0.25) is 9.69 Å². The minimum atomic E-state index is -0.634. The number of hydrogen-bond donors (Lipinski definition) is 0. The van der Waals surface area contributed by atoms with Crippen LogP contribution in [0.1, 0.15) is 32.4 Å². The lowest BCUT2D eigenvalue weighted by molar-refractivity contribution is -0.148. The highest BCUT2D eigenvalue weighted by Crippen LogP contribution is 2.29. The van der Waals surface area contributed by atoms with E-state index in [1.54, 1.807) is 43.9 Å². The second-order valence-electron chi connectivity index (χ2n) is 8.20. The molecule has 0 spiro atoms. The van der Waals surface area contributed by atoms with Crippen LogP contribution in [0.4, 0.5) is 4.79 Å². The zero-order chi connectivity index (χ0) is 22.5. The molecule has 1 atom stereocenters. The third kappa shape index (κ3) is 6.34. The Morgan fingerprint density at radius 1 is 1.13 bits per heavy atom. The number of hydrogen-bond acceptors (Lipinski definition) is 6. The fraction of sp³-hybridized carbons (Fsp3) is 0.571. The van der Waals surface area contributed by atoms with E-state index in [9.17, 15) is 14.4 Å². The third-order valence-electron chi connectivity index (χ3n) is 4.73. The first kappa shape index (κ1) is 24.0. The number of carbonyl (C=O) groups is 3. The molecule has 30 heavy (non-hydrogen) atoms. The van der Waals surface area contributed by atoms with Crippen LogP contribution in [0.15, 0.2) is 24.3 Å². The van der Waals surface area contributed by atoms with Gasteiger partial charge in [0.25, 0.3) is 0 Å². The van der Waals surface area contributed by atoms with Crippen molar-refractivity contribution in [1.82, 2.24) is 14.7 Å². The molecule has 1 fully saturated rings. The first-order valence-corrected chi connectivity index (χ1v) is 10.2. The molecule has 2 amide bonds. The third-order valence-corrected chi connectivity index (χ3v) is 5.08. The maximum Gasteiger partial charge on any atom is 0.410 e. The van der Waals surface area contributed by atoms with Crippen molar-refractivity contribution in [2.45, 2.75) is 32.4 Å². The number of amides is 2. The van der Waals surface area contributed by atoms with Crippen molar-refractivity contribution in [2.24, 2.45) is 0 Å². The SMILES string of the molecule is COC(=O)C(c1ccccc1Cl)N1CCN(C(=O)CN(C)C(=O)OC(C)(C)C)CC1. The lowest BCUT2D eigenvalue weighted by Crippen LogP contribution is -2.53. The molecular weight excluding hydrogens is 410 g/mol. The normalized spacial score (nSPS) is 16.0. The summed E-state index contributed by atoms with van der Waals surface area (Å²) in [5.74, 6) is -0.567. The highest BCUT2D eigenvalue weighted by molar-refractivity contribution is 6.31. The zero-order valence-electron chi connectivity index (χ0n) is 18.2. The first-order valence-electron chi connectivity index (χ1n) is 9.81. The Labute approximate surface area is 182 Å². The average Bonchev–Trinajstić information content (AvgIpc) is 2.68. The smallest absolute Gasteiger partial charge is 0.410 e. The molecule has 8 nitrogen and oxygen atoms in total. The Hall–Kier alpha value is -2.32. The van der Waals surface area contributed by atoms with Crippen molar-refractivity contribution in [2.75, 3.05) is 46.9 Å². The zero-order valence-corrected chi connectivity index (χ0v) is 18.9. The fourth-order valence-corrected chi connectivity index (χ4v) is 3.46. The lowest BCUT2D eigenvalue weighted by Gasteiger charge is -2.38. The average molecular weight is 440 g/mol. The van der Waals surface area contributed by atoms with Crippen LogP contribution >= 0.6 is 11.6 Å². The number of esters is 1. The van der Waals surface area contributed by atoms with Gasteiger partial charge in [0.05, 0.1) is 7.11 Å². The van der Waals surface area contributed by atoms with Crippen molar-refractivity contribution in [3.05, 3.63) is 34.9 Å². The molecule has 166 valence electrons. The van der Waals surface area contributed by atoms with Gasteiger partial charge in [-0.05, 0) is 32.4 Å². The van der Waals surface area contributed by atoms with E-state index in [4.69, 9.17) is 21.1 Å². The predicted octanol–water partition coefficient (Wildman–Crippen LogP) is 2.57. The molecule has 0 bridgehead atoms. The molecule has 1 heterocycles. The molecule has 0 aliphatic carbocycles. The summed E-state index contributed by atoms with van der Waals surface area (Å²) in [6.45, 7) is 7.07. The molecular formula is C21H30ClN3O5. The van der Waals surface area contributed by atoms with Crippen LogP contribution in [0.25, 0.3) is 0 Å². The quantitative estimate of drug-likeness (QED) is 0.656. The first-order chi connectivity index (χ1) is 14.0. The Kier molecular flexibility index (Phi) is 8.09. The number of carbonyl (C=O) groups excluding carboxylic acids is 3. The minimum Gasteiger partial charge on any atom is -0.468 e. The van der Waals surface area contributed by atoms with E-state index < -0.39 is 23.7 Å². The van der Waals surface area contributed by atoms with Gasteiger partial charge < -0.3 is 19.3 Å². The summed E-state index contributed by atoms with van der Waals surface area (Å²) in [6.07, 6.45) is -0.543. The molecule has 1 saturated heterocycles. The number of ether oxygens (including phenoxy) is 2. The lowest BCUT2D eigenvalue weighted by atomic mass is 10.0. The summed E-state index contributed by atoms with van der Waals surface area (Å²) in [5, 5.41) is 0.491. The number of likely N-dealkylation sites (N-methyl/N-ethyl adjacent to an activating group) is 1. The van der Waals surface area contributed by atoms with Gasteiger partial charge in [-0.15, -0.1) is 0 Å². The van der Waals surface area contributed by atoms with Crippen LogP contribution in [-0.4, -0.2) is 85.2 Å². The maximum atomic E-state index is 12.6. The van der Waals surface area contributed by atoms with E-state index in [1.165, 1.54) is 19.1 Å². The van der Waals surface area contributed by atoms with E-state index in [0.717, 1.165) is 0 Å². The highest BCUT2D eigenvalue weighted by atomic mass is 35.5. The second-order valence-corrected chi connectivity index (χ2v) is 8.61. The Morgan fingerprint density at radius 2 is 1.73 bits per heavy atom. The summed E-state index contributed by atoms with van der Waals surface area (Å²) in [7, 11) is 2.88. The van der Waals surface area contributed by atoms with Crippen LogP contribution in [0.5, 0.6) is 0 Å². The molecule has 0 N–H and O–H groups in total. The summed E-state index contributed by atoms with van der Waals surface area (Å²) in [5.41, 5.74) is 0.0530. The molecule has 1 aromatic carbocycles. The van der Waals surface area contributed by atoms with E-state index in [-0.39, 0.29) is 12.5 Å². The maximum absolute atomic E-state index is 12.6. The molecule has 1 unspecified atom stereocenters. The molecule has 0 saturated carbocycles. The van der Waals surface area contributed by atoms with Crippen LogP contribution in [0.3, 0.4) is 0 Å². The van der Waals surface area contributed by atoms with Crippen molar-refractivity contribution < 1.29 is 23.9 Å². The van der Waals surface area contributed by atoms with Crippen molar-refractivity contribution in [1.29, 1.82) is 0 Å². The number of methoxy groups -OCH3 is 1. The number of piperazine rings is 1. The van der Waals surface area contributed by atoms with Gasteiger partial charge in [0, 0.05) is 38.2 Å². The molecule has 1 aromatic rings. The number of rotatable bonds is 5. The standard InChI is InChI=1S/C21H30ClN3O5/c1-21(2,3)30-20(28)23(4)14-17(26)24-10-12-25(13-11-24)18(19(27)29-5)15-8-6-7-9-16(15)22/h6-9,18H,10-14H2,1-5H3. The van der Waals surface area contributed by atoms with Crippen LogP contribution in [0, 0.1) is 0 Å². The molecule has 0 aromatic heterocycles. The van der Waals surface area contributed by atoms with Crippen LogP contribution < -0.4 is 0 Å². The number of nitrogens with zero attached hydrogens (tertiary/aromatic N) is 3. The van der Waals surface area contributed by atoms with Gasteiger partial charge in [0.1, 0.15) is 18.2 Å². The van der Waals surface area contributed by atoms with Crippen LogP contribution in [0.2, 0.25) is 5.02 Å². The van der Waals surface area contributed by atoms with Crippen molar-refractivity contribution in [3.8, 4) is 0 Å². The van der Waals surface area contributed by atoms with E-state index in [0.29, 0.717) is 36.8 Å². The van der Waals surface area contributed by atoms with Gasteiger partial charge in [0.2, 0.25) is 5.91 Å². The summed E-state index contributed by atoms with van der Waals surface area (Å²) in [4.78, 5) is 42.0. The number of halogens is 1. The van der Waals surface area contributed by atoms with Crippen molar-refractivity contribution >= 4 is 29.6 Å². The molecule has 9 heteroatoms. The van der Waals surface area contributed by atoms with E-state index >= 15 is 0 Å². The number of benzene rings is 1. The van der Waals surface area contributed by atoms with Gasteiger partial charge in [0.15, 0.2) is 0 Å². The molecule has 1 aliphatic heterocycles. The topological polar surface area (TPSA) is 79.4 Å². The van der Waals surface area contributed by atoms with Gasteiger partial charge >= 0.3 is 12.1 Å². The highest BCUT2D eigenvalue weighted by Gasteiger charge is 2.34. The van der Waals surface area contributed by atoms with Gasteiger partial charge in [-0.1, -0.05) is 29.8 Å². The van der Waals surface area contributed by atoms with Gasteiger partial charge in [-0.2, -0.15) is 0 Å². The molecule has 2 rings (SSSR count). The van der Waals surface area contributed by atoms with Crippen molar-refractivity contribution in [3.63, 3.8) is 0 Å². The monoisotopic (exact) mass is 439 g/mol. The largest absolute Gasteiger partial charge is 0.468 e. The Morgan fingerprint density at radius 3 is 2.27 bits per heavy atom. The fourth-order valence-electron chi connectivity index (χ4n) is 3.22. The minimum absolute atomic E-state index is 0.0696. The van der Waals surface area contributed by atoms with E-state index in [1.807, 2.05) is 11.0 Å². The Bertz CT molecular complexity index is 772. The summed E-state index contributed by atoms with van der Waals surface area (Å²) < 4.78 is 10.3. The molecule has 0 radical (unpaired) electrons. The summed E-state index contributed by atoms with van der Waals surface area (Å²) >= 11 is 6.30. The Balaban J connectivity index is 1.98. The van der Waals surface area contributed by atoms with Gasteiger partial charge in [-0.25, -0.2) is 9.59 Å².